The van der Waals surface area contributed by atoms with Crippen molar-refractivity contribution in [3.63, 3.8) is 0 Å². The molecule has 0 fully saturated rings. The molecule has 1 heterocycles. The maximum atomic E-state index is 11.7. The van der Waals surface area contributed by atoms with Crippen molar-refractivity contribution >= 4 is 23.4 Å². The van der Waals surface area contributed by atoms with Gasteiger partial charge < -0.3 is 10.6 Å². The van der Waals surface area contributed by atoms with E-state index in [9.17, 15) is 9.59 Å². The summed E-state index contributed by atoms with van der Waals surface area (Å²) in [6.07, 6.45) is 0.234. The molecule has 1 aromatic heterocycles. The summed E-state index contributed by atoms with van der Waals surface area (Å²) in [7, 11) is 0. The second kappa shape index (κ2) is 6.90. The standard InChI is InChI=1S/C11H15ClN4O2/c1-3-13-9(17)4-5-14-10(18)8-6-7(2)15-11(12)16-8/h6H,3-5H2,1-2H3,(H,13,17)(H,14,18). The first-order valence-corrected chi connectivity index (χ1v) is 5.96. The third-order valence-electron chi connectivity index (χ3n) is 2.07. The number of halogens is 1. The monoisotopic (exact) mass is 270 g/mol. The number of aromatic nitrogens is 2. The Hall–Kier alpha value is -1.69. The minimum Gasteiger partial charge on any atom is -0.356 e. The molecule has 18 heavy (non-hydrogen) atoms. The average Bonchev–Trinajstić information content (AvgIpc) is 2.27. The summed E-state index contributed by atoms with van der Waals surface area (Å²) < 4.78 is 0. The van der Waals surface area contributed by atoms with Gasteiger partial charge in [-0.1, -0.05) is 0 Å². The van der Waals surface area contributed by atoms with Gasteiger partial charge in [0.15, 0.2) is 0 Å². The predicted molar refractivity (Wildman–Crippen MR) is 67.4 cm³/mol. The van der Waals surface area contributed by atoms with E-state index >= 15 is 0 Å². The molecule has 0 spiro atoms. The van der Waals surface area contributed by atoms with E-state index < -0.39 is 0 Å². The molecular formula is C11H15ClN4O2. The quantitative estimate of drug-likeness (QED) is 0.771. The van der Waals surface area contributed by atoms with Crippen molar-refractivity contribution in [2.24, 2.45) is 0 Å². The number of carbonyl (C=O) groups excluding carboxylic acids is 2. The van der Waals surface area contributed by atoms with Crippen molar-refractivity contribution in [3.8, 4) is 0 Å². The molecule has 0 radical (unpaired) electrons. The van der Waals surface area contributed by atoms with Crippen molar-refractivity contribution in [3.05, 3.63) is 22.7 Å². The van der Waals surface area contributed by atoms with Crippen molar-refractivity contribution in [1.29, 1.82) is 0 Å². The van der Waals surface area contributed by atoms with Crippen LogP contribution in [0.25, 0.3) is 0 Å². The van der Waals surface area contributed by atoms with Gasteiger partial charge in [-0.25, -0.2) is 9.97 Å². The van der Waals surface area contributed by atoms with Crippen LogP contribution < -0.4 is 10.6 Å². The average molecular weight is 271 g/mol. The summed E-state index contributed by atoms with van der Waals surface area (Å²) >= 11 is 5.65. The van der Waals surface area contributed by atoms with E-state index in [-0.39, 0.29) is 35.8 Å². The maximum absolute atomic E-state index is 11.7. The Balaban J connectivity index is 2.48. The van der Waals surface area contributed by atoms with E-state index in [2.05, 4.69) is 20.6 Å². The Morgan fingerprint density at radius 3 is 2.67 bits per heavy atom. The van der Waals surface area contributed by atoms with E-state index in [1.807, 2.05) is 6.92 Å². The molecule has 2 N–H and O–H groups in total. The number of hydrogen-bond acceptors (Lipinski definition) is 4. The largest absolute Gasteiger partial charge is 0.356 e. The molecule has 7 heteroatoms. The highest BCUT2D eigenvalue weighted by Gasteiger charge is 2.09. The van der Waals surface area contributed by atoms with Gasteiger partial charge in [0.2, 0.25) is 11.2 Å². The third-order valence-corrected chi connectivity index (χ3v) is 2.24. The summed E-state index contributed by atoms with van der Waals surface area (Å²) in [4.78, 5) is 30.5. The molecule has 0 saturated carbocycles. The zero-order valence-corrected chi connectivity index (χ0v) is 11.0. The Bertz CT molecular complexity index is 430. The number of rotatable bonds is 5. The Morgan fingerprint density at radius 1 is 1.33 bits per heavy atom. The Labute approximate surface area is 110 Å². The molecule has 2 amide bonds. The van der Waals surface area contributed by atoms with Crippen molar-refractivity contribution < 1.29 is 9.59 Å². The second-order valence-electron chi connectivity index (χ2n) is 3.62. The van der Waals surface area contributed by atoms with Crippen LogP contribution in [0.5, 0.6) is 0 Å². The molecule has 0 atom stereocenters. The van der Waals surface area contributed by atoms with Gasteiger partial charge in [0, 0.05) is 25.2 Å². The SMILES string of the molecule is CCNC(=O)CCNC(=O)c1cc(C)nc(Cl)n1. The molecular weight excluding hydrogens is 256 g/mol. The van der Waals surface area contributed by atoms with Crippen LogP contribution in [0.1, 0.15) is 29.5 Å². The predicted octanol–water partition coefficient (Wildman–Crippen LogP) is 0.694. The minimum atomic E-state index is -0.369. The van der Waals surface area contributed by atoms with Crippen molar-refractivity contribution in [1.82, 2.24) is 20.6 Å². The fourth-order valence-corrected chi connectivity index (χ4v) is 1.54. The van der Waals surface area contributed by atoms with Crippen LogP contribution in [-0.2, 0) is 4.79 Å². The molecule has 1 rings (SSSR count). The van der Waals surface area contributed by atoms with E-state index in [0.29, 0.717) is 12.2 Å². The molecule has 6 nitrogen and oxygen atoms in total. The molecule has 0 aliphatic heterocycles. The fourth-order valence-electron chi connectivity index (χ4n) is 1.31. The van der Waals surface area contributed by atoms with Crippen LogP contribution in [-0.4, -0.2) is 34.9 Å². The zero-order chi connectivity index (χ0) is 13.5. The topological polar surface area (TPSA) is 84.0 Å². The Morgan fingerprint density at radius 2 is 2.06 bits per heavy atom. The first-order valence-electron chi connectivity index (χ1n) is 5.59. The summed E-state index contributed by atoms with van der Waals surface area (Å²) in [5.41, 5.74) is 0.812. The second-order valence-corrected chi connectivity index (χ2v) is 3.96. The molecule has 0 saturated heterocycles. The highest BCUT2D eigenvalue weighted by molar-refractivity contribution is 6.28. The number of aryl methyl sites for hydroxylation is 1. The third kappa shape index (κ3) is 4.67. The first kappa shape index (κ1) is 14.4. The lowest BCUT2D eigenvalue weighted by atomic mass is 10.3. The lowest BCUT2D eigenvalue weighted by Crippen LogP contribution is -2.31. The van der Waals surface area contributed by atoms with Gasteiger partial charge in [0.1, 0.15) is 5.69 Å². The summed E-state index contributed by atoms with van der Waals surface area (Å²) in [6.45, 7) is 4.39. The van der Waals surface area contributed by atoms with E-state index in [1.165, 1.54) is 6.07 Å². The fraction of sp³-hybridized carbons (Fsp3) is 0.455. The van der Waals surface area contributed by atoms with Gasteiger partial charge in [0.05, 0.1) is 0 Å². The number of nitrogens with zero attached hydrogens (tertiary/aromatic N) is 2. The van der Waals surface area contributed by atoms with Crippen LogP contribution in [0.15, 0.2) is 6.07 Å². The smallest absolute Gasteiger partial charge is 0.270 e. The van der Waals surface area contributed by atoms with E-state index in [1.54, 1.807) is 6.92 Å². The summed E-state index contributed by atoms with van der Waals surface area (Å²) in [6, 6.07) is 1.54. The van der Waals surface area contributed by atoms with Gasteiger partial charge in [-0.05, 0) is 31.5 Å². The van der Waals surface area contributed by atoms with E-state index in [0.717, 1.165) is 0 Å². The van der Waals surface area contributed by atoms with Gasteiger partial charge in [0.25, 0.3) is 5.91 Å². The Kier molecular flexibility index (Phi) is 5.51. The highest BCUT2D eigenvalue weighted by Crippen LogP contribution is 2.04. The molecule has 0 aliphatic rings. The molecule has 0 unspecified atom stereocenters. The minimum absolute atomic E-state index is 0.0314. The van der Waals surface area contributed by atoms with Crippen LogP contribution >= 0.6 is 11.6 Å². The van der Waals surface area contributed by atoms with Crippen molar-refractivity contribution in [2.75, 3.05) is 13.1 Å². The zero-order valence-electron chi connectivity index (χ0n) is 10.3. The van der Waals surface area contributed by atoms with Crippen molar-refractivity contribution in [2.45, 2.75) is 20.3 Å². The lowest BCUT2D eigenvalue weighted by Gasteiger charge is -2.05. The van der Waals surface area contributed by atoms with Gasteiger partial charge in [-0.15, -0.1) is 0 Å². The van der Waals surface area contributed by atoms with E-state index in [4.69, 9.17) is 11.6 Å². The summed E-state index contributed by atoms with van der Waals surface area (Å²) in [5.74, 6) is -0.471. The first-order chi connectivity index (χ1) is 8.52. The number of amides is 2. The molecule has 0 aliphatic carbocycles. The maximum Gasteiger partial charge on any atom is 0.270 e. The molecule has 0 aromatic carbocycles. The highest BCUT2D eigenvalue weighted by atomic mass is 35.5. The number of nitrogens with one attached hydrogen (secondary N) is 2. The lowest BCUT2D eigenvalue weighted by molar-refractivity contribution is -0.120. The molecule has 0 bridgehead atoms. The van der Waals surface area contributed by atoms with Crippen LogP contribution in [0.2, 0.25) is 5.28 Å². The molecule has 1 aromatic rings. The normalized spacial score (nSPS) is 9.94. The van der Waals surface area contributed by atoms with Gasteiger partial charge in [-0.3, -0.25) is 9.59 Å². The molecule has 98 valence electrons. The van der Waals surface area contributed by atoms with Gasteiger partial charge >= 0.3 is 0 Å². The van der Waals surface area contributed by atoms with Crippen LogP contribution in [0.4, 0.5) is 0 Å². The number of carbonyl (C=O) groups is 2. The summed E-state index contributed by atoms with van der Waals surface area (Å²) in [5, 5.41) is 5.27. The number of hydrogen-bond donors (Lipinski definition) is 2. The van der Waals surface area contributed by atoms with Crippen LogP contribution in [0.3, 0.4) is 0 Å². The van der Waals surface area contributed by atoms with Crippen LogP contribution in [0, 0.1) is 6.92 Å². The van der Waals surface area contributed by atoms with Gasteiger partial charge in [-0.2, -0.15) is 0 Å².